The zero-order chi connectivity index (χ0) is 15.1. The van der Waals surface area contributed by atoms with Crippen molar-refractivity contribution in [1.82, 2.24) is 10.2 Å². The second-order valence-corrected chi connectivity index (χ2v) is 6.76. The van der Waals surface area contributed by atoms with E-state index in [0.717, 1.165) is 24.7 Å². The first-order valence-electron chi connectivity index (χ1n) is 7.56. The summed E-state index contributed by atoms with van der Waals surface area (Å²) in [6.07, 6.45) is 0. The summed E-state index contributed by atoms with van der Waals surface area (Å²) in [6, 6.07) is 8.55. The minimum absolute atomic E-state index is 0.390. The number of rotatable bonds is 8. The Hall–Kier alpha value is -0.570. The van der Waals surface area contributed by atoms with E-state index in [1.165, 1.54) is 5.56 Å². The molecule has 0 aliphatic heterocycles. The van der Waals surface area contributed by atoms with Crippen LogP contribution in [0.4, 0.5) is 0 Å². The molecule has 1 aromatic rings. The minimum atomic E-state index is 0.390. The van der Waals surface area contributed by atoms with E-state index in [1.54, 1.807) is 0 Å². The van der Waals surface area contributed by atoms with Crippen LogP contribution in [0, 0.1) is 11.8 Å². The second kappa shape index (κ2) is 8.66. The fraction of sp³-hybridized carbons (Fsp3) is 0.647. The van der Waals surface area contributed by atoms with Crippen molar-refractivity contribution in [2.75, 3.05) is 26.7 Å². The third kappa shape index (κ3) is 6.25. The predicted octanol–water partition coefficient (Wildman–Crippen LogP) is 4.21. The number of halogens is 1. The molecule has 1 N–H and O–H groups in total. The van der Waals surface area contributed by atoms with E-state index in [1.807, 2.05) is 12.1 Å². The molecule has 0 heterocycles. The molecule has 1 rings (SSSR count). The highest BCUT2D eigenvalue weighted by Gasteiger charge is 2.14. The van der Waals surface area contributed by atoms with Gasteiger partial charge in [-0.05, 0) is 56.6 Å². The molecule has 1 aromatic carbocycles. The average molecular weight is 297 g/mol. The summed E-state index contributed by atoms with van der Waals surface area (Å²) in [7, 11) is 2.19. The Morgan fingerprint density at radius 1 is 1.15 bits per heavy atom. The van der Waals surface area contributed by atoms with Gasteiger partial charge in [-0.2, -0.15) is 0 Å². The normalized spacial score (nSPS) is 14.8. The molecule has 0 spiro atoms. The van der Waals surface area contributed by atoms with Crippen LogP contribution in [0.2, 0.25) is 5.02 Å². The van der Waals surface area contributed by atoms with Crippen molar-refractivity contribution in [3.05, 3.63) is 34.9 Å². The lowest BCUT2D eigenvalue weighted by Crippen LogP contribution is -2.33. The summed E-state index contributed by atoms with van der Waals surface area (Å²) in [5.74, 6) is 1.35. The van der Waals surface area contributed by atoms with Gasteiger partial charge in [0.05, 0.1) is 0 Å². The van der Waals surface area contributed by atoms with Crippen LogP contribution in [-0.2, 0) is 0 Å². The van der Waals surface area contributed by atoms with Gasteiger partial charge in [0.1, 0.15) is 0 Å². The van der Waals surface area contributed by atoms with E-state index in [4.69, 9.17) is 11.6 Å². The van der Waals surface area contributed by atoms with Crippen LogP contribution in [0.3, 0.4) is 0 Å². The van der Waals surface area contributed by atoms with Gasteiger partial charge >= 0.3 is 0 Å². The number of nitrogens with zero attached hydrogens (tertiary/aromatic N) is 1. The molecule has 2 atom stereocenters. The molecule has 0 aromatic heterocycles. The van der Waals surface area contributed by atoms with E-state index in [9.17, 15) is 0 Å². The van der Waals surface area contributed by atoms with Crippen LogP contribution in [-0.4, -0.2) is 31.6 Å². The summed E-state index contributed by atoms with van der Waals surface area (Å²) in [4.78, 5) is 2.40. The SMILES string of the molecule is CC(C)CNCC(C)CN(C)C(C)c1cccc(Cl)c1. The van der Waals surface area contributed by atoms with Crippen LogP contribution in [0.5, 0.6) is 0 Å². The fourth-order valence-corrected chi connectivity index (χ4v) is 2.55. The van der Waals surface area contributed by atoms with Gasteiger partial charge in [0, 0.05) is 17.6 Å². The molecule has 0 bridgehead atoms. The quantitative estimate of drug-likeness (QED) is 0.773. The molecule has 0 amide bonds. The van der Waals surface area contributed by atoms with E-state index in [-0.39, 0.29) is 0 Å². The molecule has 2 unspecified atom stereocenters. The van der Waals surface area contributed by atoms with Gasteiger partial charge in [0.25, 0.3) is 0 Å². The predicted molar refractivity (Wildman–Crippen MR) is 89.4 cm³/mol. The summed E-state index contributed by atoms with van der Waals surface area (Å²) < 4.78 is 0. The second-order valence-electron chi connectivity index (χ2n) is 6.33. The van der Waals surface area contributed by atoms with Gasteiger partial charge in [-0.25, -0.2) is 0 Å². The molecule has 3 heteroatoms. The molecular formula is C17H29ClN2. The molecule has 0 radical (unpaired) electrons. The van der Waals surface area contributed by atoms with Gasteiger partial charge in [-0.15, -0.1) is 0 Å². The molecule has 0 fully saturated rings. The Bertz CT molecular complexity index is 392. The standard InChI is InChI=1S/C17H29ClN2/c1-13(2)10-19-11-14(3)12-20(5)15(4)16-7-6-8-17(18)9-16/h6-9,13-15,19H,10-12H2,1-5H3. The molecule has 0 saturated carbocycles. The van der Waals surface area contributed by atoms with Crippen LogP contribution in [0.1, 0.15) is 39.3 Å². The Balaban J connectivity index is 2.43. The molecule has 0 aliphatic rings. The first kappa shape index (κ1) is 17.5. The smallest absolute Gasteiger partial charge is 0.0409 e. The van der Waals surface area contributed by atoms with Crippen molar-refractivity contribution in [2.24, 2.45) is 11.8 Å². The molecule has 114 valence electrons. The van der Waals surface area contributed by atoms with E-state index in [0.29, 0.717) is 17.9 Å². The molecule has 0 saturated heterocycles. The van der Waals surface area contributed by atoms with Crippen molar-refractivity contribution >= 4 is 11.6 Å². The minimum Gasteiger partial charge on any atom is -0.316 e. The number of hydrogen-bond acceptors (Lipinski definition) is 2. The lowest BCUT2D eigenvalue weighted by molar-refractivity contribution is 0.223. The van der Waals surface area contributed by atoms with Crippen molar-refractivity contribution in [1.29, 1.82) is 0 Å². The van der Waals surface area contributed by atoms with Gasteiger partial charge in [0.2, 0.25) is 0 Å². The molecule has 20 heavy (non-hydrogen) atoms. The maximum absolute atomic E-state index is 6.07. The van der Waals surface area contributed by atoms with E-state index >= 15 is 0 Å². The lowest BCUT2D eigenvalue weighted by Gasteiger charge is -2.28. The van der Waals surface area contributed by atoms with Crippen molar-refractivity contribution in [3.63, 3.8) is 0 Å². The summed E-state index contributed by atoms with van der Waals surface area (Å²) in [5.41, 5.74) is 1.28. The van der Waals surface area contributed by atoms with Crippen molar-refractivity contribution < 1.29 is 0 Å². The van der Waals surface area contributed by atoms with Gasteiger partial charge < -0.3 is 5.32 Å². The number of nitrogens with one attached hydrogen (secondary N) is 1. The molecule has 0 aliphatic carbocycles. The zero-order valence-corrected chi connectivity index (χ0v) is 14.2. The maximum Gasteiger partial charge on any atom is 0.0409 e. The van der Waals surface area contributed by atoms with E-state index in [2.05, 4.69) is 57.1 Å². The Kier molecular flexibility index (Phi) is 7.57. The Labute approximate surface area is 129 Å². The number of hydrogen-bond donors (Lipinski definition) is 1. The first-order chi connectivity index (χ1) is 9.40. The van der Waals surface area contributed by atoms with Gasteiger partial charge in [-0.3, -0.25) is 4.90 Å². The summed E-state index contributed by atoms with van der Waals surface area (Å²) in [6.45, 7) is 12.3. The summed E-state index contributed by atoms with van der Waals surface area (Å²) in [5, 5.41) is 4.34. The zero-order valence-electron chi connectivity index (χ0n) is 13.5. The Morgan fingerprint density at radius 2 is 1.85 bits per heavy atom. The summed E-state index contributed by atoms with van der Waals surface area (Å²) >= 11 is 6.07. The fourth-order valence-electron chi connectivity index (χ4n) is 2.35. The topological polar surface area (TPSA) is 15.3 Å². The van der Waals surface area contributed by atoms with E-state index < -0.39 is 0 Å². The van der Waals surface area contributed by atoms with Gasteiger partial charge in [-0.1, -0.05) is 44.5 Å². The highest BCUT2D eigenvalue weighted by molar-refractivity contribution is 6.30. The molecule has 2 nitrogen and oxygen atoms in total. The highest BCUT2D eigenvalue weighted by atomic mass is 35.5. The molecular weight excluding hydrogens is 268 g/mol. The van der Waals surface area contributed by atoms with Crippen LogP contribution in [0.15, 0.2) is 24.3 Å². The van der Waals surface area contributed by atoms with Crippen LogP contribution < -0.4 is 5.32 Å². The van der Waals surface area contributed by atoms with Crippen molar-refractivity contribution in [3.8, 4) is 0 Å². The third-order valence-corrected chi connectivity index (χ3v) is 3.87. The third-order valence-electron chi connectivity index (χ3n) is 3.64. The van der Waals surface area contributed by atoms with Crippen LogP contribution >= 0.6 is 11.6 Å². The number of benzene rings is 1. The lowest BCUT2D eigenvalue weighted by atomic mass is 10.1. The Morgan fingerprint density at radius 3 is 2.45 bits per heavy atom. The average Bonchev–Trinajstić information content (AvgIpc) is 2.37. The largest absolute Gasteiger partial charge is 0.316 e. The first-order valence-corrected chi connectivity index (χ1v) is 7.94. The van der Waals surface area contributed by atoms with Gasteiger partial charge in [0.15, 0.2) is 0 Å². The monoisotopic (exact) mass is 296 g/mol. The highest BCUT2D eigenvalue weighted by Crippen LogP contribution is 2.22. The van der Waals surface area contributed by atoms with Crippen molar-refractivity contribution in [2.45, 2.75) is 33.7 Å². The van der Waals surface area contributed by atoms with Crippen LogP contribution in [0.25, 0.3) is 0 Å². The maximum atomic E-state index is 6.07.